The summed E-state index contributed by atoms with van der Waals surface area (Å²) in [6, 6.07) is 6.88. The highest BCUT2D eigenvalue weighted by molar-refractivity contribution is 7.89. The molecule has 0 saturated carbocycles. The van der Waals surface area contributed by atoms with E-state index < -0.39 is 33.2 Å². The van der Waals surface area contributed by atoms with Crippen LogP contribution < -0.4 is 5.14 Å². The van der Waals surface area contributed by atoms with Gasteiger partial charge in [0.05, 0.1) is 15.5 Å². The fourth-order valence-corrected chi connectivity index (χ4v) is 4.70. The van der Waals surface area contributed by atoms with E-state index in [1.165, 1.54) is 30.5 Å². The number of benzene rings is 1. The summed E-state index contributed by atoms with van der Waals surface area (Å²) in [7, 11) is -3.88. The second-order valence-corrected chi connectivity index (χ2v) is 9.40. The summed E-state index contributed by atoms with van der Waals surface area (Å²) in [4.78, 5) is 16.6. The maximum absolute atomic E-state index is 13.5. The molecule has 2 N–H and O–H groups in total. The van der Waals surface area contributed by atoms with Crippen LogP contribution >= 0.6 is 11.6 Å². The van der Waals surface area contributed by atoms with E-state index in [-0.39, 0.29) is 15.5 Å². The van der Waals surface area contributed by atoms with Crippen molar-refractivity contribution in [3.8, 4) is 5.69 Å². The molecule has 0 aliphatic heterocycles. The van der Waals surface area contributed by atoms with E-state index in [0.717, 1.165) is 30.8 Å². The van der Waals surface area contributed by atoms with Crippen molar-refractivity contribution >= 4 is 27.4 Å². The second kappa shape index (κ2) is 8.02. The Morgan fingerprint density at radius 2 is 1.75 bits per heavy atom. The van der Waals surface area contributed by atoms with E-state index in [1.54, 1.807) is 4.57 Å². The molecule has 0 radical (unpaired) electrons. The molecule has 168 valence electrons. The number of halogens is 4. The first-order chi connectivity index (χ1) is 15.0. The maximum Gasteiger partial charge on any atom is 0.434 e. The molecule has 0 saturated heterocycles. The Morgan fingerprint density at radius 1 is 1.09 bits per heavy atom. The Balaban J connectivity index is 1.86. The third kappa shape index (κ3) is 4.05. The number of carbonyl (C=O) groups excluding carboxylic acids is 1. The number of ketones is 1. The monoisotopic (exact) mass is 483 g/mol. The lowest BCUT2D eigenvalue weighted by atomic mass is 9.91. The van der Waals surface area contributed by atoms with Crippen LogP contribution in [0.15, 0.2) is 47.6 Å². The van der Waals surface area contributed by atoms with Gasteiger partial charge in [-0.3, -0.25) is 9.78 Å². The molecule has 0 atom stereocenters. The first-order valence-electron chi connectivity index (χ1n) is 9.61. The van der Waals surface area contributed by atoms with Gasteiger partial charge in [0.1, 0.15) is 0 Å². The minimum atomic E-state index is -4.85. The Bertz CT molecular complexity index is 1320. The van der Waals surface area contributed by atoms with E-state index in [4.69, 9.17) is 16.7 Å². The Morgan fingerprint density at radius 3 is 2.38 bits per heavy atom. The lowest BCUT2D eigenvalue weighted by molar-refractivity contribution is -0.141. The molecule has 3 aromatic rings. The Kier molecular flexibility index (Phi) is 5.64. The zero-order valence-corrected chi connectivity index (χ0v) is 18.1. The smallest absolute Gasteiger partial charge is 0.320 e. The molecular formula is C21H17ClF3N3O3S. The molecule has 0 unspecified atom stereocenters. The molecule has 0 fully saturated rings. The molecule has 32 heavy (non-hydrogen) atoms. The highest BCUT2D eigenvalue weighted by Crippen LogP contribution is 2.37. The molecule has 1 aromatic carbocycles. The number of sulfonamides is 1. The summed E-state index contributed by atoms with van der Waals surface area (Å²) in [6.45, 7) is 0. The number of hydrogen-bond acceptors (Lipinski definition) is 4. The number of rotatable bonds is 4. The van der Waals surface area contributed by atoms with Gasteiger partial charge in [0, 0.05) is 29.3 Å². The van der Waals surface area contributed by atoms with Crippen LogP contribution in [0.5, 0.6) is 0 Å². The molecule has 4 rings (SSSR count). The van der Waals surface area contributed by atoms with Crippen molar-refractivity contribution in [3.63, 3.8) is 0 Å². The Labute approximate surface area is 186 Å². The minimum absolute atomic E-state index is 0.0736. The van der Waals surface area contributed by atoms with E-state index in [0.29, 0.717) is 24.1 Å². The molecule has 1 aliphatic rings. The molecule has 1 aliphatic carbocycles. The highest BCUT2D eigenvalue weighted by Gasteiger charge is 2.39. The van der Waals surface area contributed by atoms with E-state index in [9.17, 15) is 26.4 Å². The predicted octanol–water partition coefficient (Wildman–Crippen LogP) is 4.30. The zero-order valence-electron chi connectivity index (χ0n) is 16.5. The fourth-order valence-electron chi connectivity index (χ4n) is 3.96. The van der Waals surface area contributed by atoms with Crippen LogP contribution in [-0.4, -0.2) is 23.8 Å². The number of aromatic nitrogens is 2. The van der Waals surface area contributed by atoms with Crippen molar-refractivity contribution < 1.29 is 26.4 Å². The summed E-state index contributed by atoms with van der Waals surface area (Å²) in [5.74, 6) is -0.853. The van der Waals surface area contributed by atoms with Crippen molar-refractivity contribution in [2.45, 2.75) is 36.8 Å². The maximum atomic E-state index is 13.5. The van der Waals surface area contributed by atoms with E-state index >= 15 is 0 Å². The van der Waals surface area contributed by atoms with Crippen molar-refractivity contribution in [2.24, 2.45) is 5.14 Å². The number of primary sulfonamides is 1. The number of pyridine rings is 1. The van der Waals surface area contributed by atoms with Crippen LogP contribution in [0.1, 0.15) is 45.7 Å². The van der Waals surface area contributed by atoms with Gasteiger partial charge in [-0.2, -0.15) is 13.2 Å². The van der Waals surface area contributed by atoms with Gasteiger partial charge in [0.15, 0.2) is 11.5 Å². The predicted molar refractivity (Wildman–Crippen MR) is 111 cm³/mol. The van der Waals surface area contributed by atoms with Crippen molar-refractivity contribution in [2.75, 3.05) is 0 Å². The molecule has 6 nitrogen and oxygen atoms in total. The van der Waals surface area contributed by atoms with Gasteiger partial charge in [-0.25, -0.2) is 13.6 Å². The molecule has 11 heteroatoms. The molecule has 2 heterocycles. The third-order valence-electron chi connectivity index (χ3n) is 5.40. The summed E-state index contributed by atoms with van der Waals surface area (Å²) in [5, 5.41) is 4.81. The standard InChI is InChI=1S/C21H17ClF3N3O3S/c22-16-9-10-27-20(21(23,24)25)18(16)19(29)15-11-28(17-4-2-1-3-14(15)17)12-5-7-13(8-6-12)32(26,30)31/h5-11H,1-4H2,(H2,26,30,31). The number of hydrogen-bond donors (Lipinski definition) is 1. The van der Waals surface area contributed by atoms with Crippen LogP contribution in [0, 0.1) is 0 Å². The molecule has 0 spiro atoms. The molecular weight excluding hydrogens is 467 g/mol. The van der Waals surface area contributed by atoms with E-state index in [1.807, 2.05) is 0 Å². The number of carbonyl (C=O) groups is 1. The number of fused-ring (bicyclic) bond motifs is 1. The van der Waals surface area contributed by atoms with Crippen LogP contribution in [0.2, 0.25) is 5.02 Å². The summed E-state index contributed by atoms with van der Waals surface area (Å²) < 4.78 is 65.3. The first-order valence-corrected chi connectivity index (χ1v) is 11.5. The summed E-state index contributed by atoms with van der Waals surface area (Å²) in [5.41, 5.74) is 0.112. The third-order valence-corrected chi connectivity index (χ3v) is 6.64. The van der Waals surface area contributed by atoms with Gasteiger partial charge in [0.25, 0.3) is 0 Å². The van der Waals surface area contributed by atoms with Crippen molar-refractivity contribution in [3.05, 3.63) is 75.8 Å². The topological polar surface area (TPSA) is 95.0 Å². The summed E-state index contributed by atoms with van der Waals surface area (Å²) >= 11 is 6.01. The second-order valence-electron chi connectivity index (χ2n) is 7.43. The number of nitrogens with two attached hydrogens (primary N) is 1. The number of nitrogens with zero attached hydrogens (tertiary/aromatic N) is 2. The van der Waals surface area contributed by atoms with Gasteiger partial charge in [-0.05, 0) is 61.6 Å². The fraction of sp³-hybridized carbons (Fsp3) is 0.238. The zero-order chi connectivity index (χ0) is 23.3. The quantitative estimate of drug-likeness (QED) is 0.560. The molecule has 2 aromatic heterocycles. The average molecular weight is 484 g/mol. The van der Waals surface area contributed by atoms with Crippen molar-refractivity contribution in [1.82, 2.24) is 9.55 Å². The molecule has 0 amide bonds. The van der Waals surface area contributed by atoms with Crippen molar-refractivity contribution in [1.29, 1.82) is 0 Å². The Hall–Kier alpha value is -2.69. The SMILES string of the molecule is NS(=O)(=O)c1ccc(-n2cc(C(=O)c3c(Cl)ccnc3C(F)(F)F)c3c2CCCC3)cc1. The lowest BCUT2D eigenvalue weighted by Crippen LogP contribution is -2.17. The van der Waals surface area contributed by atoms with Gasteiger partial charge < -0.3 is 4.57 Å². The summed E-state index contributed by atoms with van der Waals surface area (Å²) in [6.07, 6.45) is 0.325. The van der Waals surface area contributed by atoms with Gasteiger partial charge in [-0.15, -0.1) is 0 Å². The number of alkyl halides is 3. The van der Waals surface area contributed by atoms with Gasteiger partial charge in [-0.1, -0.05) is 11.6 Å². The van der Waals surface area contributed by atoms with Crippen LogP contribution in [0.3, 0.4) is 0 Å². The highest BCUT2D eigenvalue weighted by atomic mass is 35.5. The minimum Gasteiger partial charge on any atom is -0.320 e. The first kappa shape index (κ1) is 22.5. The van der Waals surface area contributed by atoms with Gasteiger partial charge >= 0.3 is 6.18 Å². The lowest BCUT2D eigenvalue weighted by Gasteiger charge is -2.17. The largest absolute Gasteiger partial charge is 0.434 e. The van der Waals surface area contributed by atoms with Crippen LogP contribution in [-0.2, 0) is 29.0 Å². The van der Waals surface area contributed by atoms with Gasteiger partial charge in [0.2, 0.25) is 10.0 Å². The van der Waals surface area contributed by atoms with Crippen LogP contribution in [0.25, 0.3) is 5.69 Å². The normalized spacial score (nSPS) is 14.3. The average Bonchev–Trinajstić information content (AvgIpc) is 3.12. The van der Waals surface area contributed by atoms with E-state index in [2.05, 4.69) is 4.98 Å². The molecule has 0 bridgehead atoms. The van der Waals surface area contributed by atoms with Crippen LogP contribution in [0.4, 0.5) is 13.2 Å².